The molecule has 156 valence electrons. The van der Waals surface area contributed by atoms with Gasteiger partial charge in [0.05, 0.1) is 33.2 Å². The fourth-order valence-electron chi connectivity index (χ4n) is 2.90. The predicted molar refractivity (Wildman–Crippen MR) is 118 cm³/mol. The van der Waals surface area contributed by atoms with E-state index < -0.39 is 0 Å². The highest BCUT2D eigenvalue weighted by Crippen LogP contribution is 2.32. The smallest absolute Gasteiger partial charge is 0.145 e. The molecule has 0 saturated carbocycles. The minimum absolute atomic E-state index is 0.321. The van der Waals surface area contributed by atoms with Crippen LogP contribution in [0.3, 0.4) is 0 Å². The van der Waals surface area contributed by atoms with Crippen LogP contribution in [0, 0.1) is 5.82 Å². The molecular formula is C22H19Cl2FN2O3. The molecule has 0 aliphatic carbocycles. The Balaban J connectivity index is 0.000000172. The van der Waals surface area contributed by atoms with E-state index in [9.17, 15) is 4.39 Å². The number of nitrogens with zero attached hydrogens (tertiary/aromatic N) is 2. The number of benzene rings is 2. The van der Waals surface area contributed by atoms with E-state index in [1.165, 1.54) is 25.4 Å². The SMILES string of the molecule is CCOc1ccc2c(Cl)ncc(OC)c2c1.COc1cnc(Cl)c2ccc(F)cc12. The molecule has 0 spiro atoms. The molecule has 0 bridgehead atoms. The van der Waals surface area contributed by atoms with Crippen molar-refractivity contribution in [2.24, 2.45) is 0 Å². The highest BCUT2D eigenvalue weighted by Gasteiger charge is 2.08. The van der Waals surface area contributed by atoms with E-state index in [0.29, 0.717) is 39.2 Å². The van der Waals surface area contributed by atoms with Gasteiger partial charge in [-0.1, -0.05) is 23.2 Å². The number of methoxy groups -OCH3 is 2. The van der Waals surface area contributed by atoms with Crippen molar-refractivity contribution in [1.29, 1.82) is 0 Å². The Hall–Kier alpha value is -2.83. The van der Waals surface area contributed by atoms with Crippen LogP contribution in [-0.2, 0) is 0 Å². The number of fused-ring (bicyclic) bond motifs is 2. The second kappa shape index (κ2) is 9.78. The van der Waals surface area contributed by atoms with Crippen LogP contribution in [0.1, 0.15) is 6.92 Å². The van der Waals surface area contributed by atoms with Gasteiger partial charge in [0.25, 0.3) is 0 Å². The molecule has 4 rings (SSSR count). The summed E-state index contributed by atoms with van der Waals surface area (Å²) in [5.74, 6) is 1.69. The minimum Gasteiger partial charge on any atom is -0.494 e. The van der Waals surface area contributed by atoms with Crippen molar-refractivity contribution < 1.29 is 18.6 Å². The monoisotopic (exact) mass is 448 g/mol. The van der Waals surface area contributed by atoms with Crippen molar-refractivity contribution >= 4 is 44.7 Å². The molecule has 0 N–H and O–H groups in total. The minimum atomic E-state index is -0.321. The van der Waals surface area contributed by atoms with Crippen molar-refractivity contribution in [1.82, 2.24) is 9.97 Å². The highest BCUT2D eigenvalue weighted by molar-refractivity contribution is 6.34. The zero-order valence-electron chi connectivity index (χ0n) is 16.6. The lowest BCUT2D eigenvalue weighted by molar-refractivity contribution is 0.340. The Morgan fingerprint density at radius 2 is 1.33 bits per heavy atom. The van der Waals surface area contributed by atoms with Gasteiger partial charge in [-0.3, -0.25) is 0 Å². The van der Waals surface area contributed by atoms with Crippen LogP contribution in [0.25, 0.3) is 21.5 Å². The van der Waals surface area contributed by atoms with Gasteiger partial charge in [-0.2, -0.15) is 0 Å². The van der Waals surface area contributed by atoms with Gasteiger partial charge >= 0.3 is 0 Å². The Bertz CT molecular complexity index is 1190. The maximum absolute atomic E-state index is 13.0. The van der Waals surface area contributed by atoms with Crippen molar-refractivity contribution in [3.8, 4) is 17.2 Å². The molecule has 30 heavy (non-hydrogen) atoms. The lowest BCUT2D eigenvalue weighted by Crippen LogP contribution is -1.93. The van der Waals surface area contributed by atoms with Gasteiger partial charge in [0.1, 0.15) is 33.4 Å². The van der Waals surface area contributed by atoms with Crippen molar-refractivity contribution in [2.75, 3.05) is 20.8 Å². The van der Waals surface area contributed by atoms with E-state index >= 15 is 0 Å². The van der Waals surface area contributed by atoms with Gasteiger partial charge in [-0.25, -0.2) is 14.4 Å². The van der Waals surface area contributed by atoms with Crippen LogP contribution in [0.5, 0.6) is 17.2 Å². The largest absolute Gasteiger partial charge is 0.494 e. The van der Waals surface area contributed by atoms with Crippen LogP contribution in [0.4, 0.5) is 4.39 Å². The zero-order valence-corrected chi connectivity index (χ0v) is 18.1. The van der Waals surface area contributed by atoms with E-state index in [-0.39, 0.29) is 5.82 Å². The Morgan fingerprint density at radius 3 is 1.87 bits per heavy atom. The number of hydrogen-bond acceptors (Lipinski definition) is 5. The molecule has 2 aromatic carbocycles. The molecule has 5 nitrogen and oxygen atoms in total. The van der Waals surface area contributed by atoms with E-state index in [0.717, 1.165) is 16.5 Å². The number of ether oxygens (including phenoxy) is 3. The zero-order chi connectivity index (χ0) is 21.7. The molecular weight excluding hydrogens is 430 g/mol. The van der Waals surface area contributed by atoms with Gasteiger partial charge in [0.2, 0.25) is 0 Å². The number of rotatable bonds is 4. The summed E-state index contributed by atoms with van der Waals surface area (Å²) in [5.41, 5.74) is 0. The highest BCUT2D eigenvalue weighted by atomic mass is 35.5. The summed E-state index contributed by atoms with van der Waals surface area (Å²) in [5, 5.41) is 3.91. The van der Waals surface area contributed by atoms with Gasteiger partial charge < -0.3 is 14.2 Å². The van der Waals surface area contributed by atoms with Crippen LogP contribution in [0.2, 0.25) is 10.3 Å². The molecule has 0 unspecified atom stereocenters. The van der Waals surface area contributed by atoms with Gasteiger partial charge in [-0.15, -0.1) is 0 Å². The average molecular weight is 449 g/mol. The first kappa shape index (κ1) is 21.9. The molecule has 8 heteroatoms. The fraction of sp³-hybridized carbons (Fsp3) is 0.182. The maximum atomic E-state index is 13.0. The summed E-state index contributed by atoms with van der Waals surface area (Å²) >= 11 is 11.9. The molecule has 0 saturated heterocycles. The lowest BCUT2D eigenvalue weighted by atomic mass is 10.1. The first-order chi connectivity index (χ1) is 14.5. The third-order valence-electron chi connectivity index (χ3n) is 4.29. The molecule has 0 aliphatic heterocycles. The van der Waals surface area contributed by atoms with E-state index in [4.69, 9.17) is 37.4 Å². The van der Waals surface area contributed by atoms with Crippen LogP contribution in [-0.4, -0.2) is 30.8 Å². The first-order valence-electron chi connectivity index (χ1n) is 9.01. The number of aromatic nitrogens is 2. The third kappa shape index (κ3) is 4.66. The molecule has 4 aromatic rings. The molecule has 2 heterocycles. The number of pyridine rings is 2. The first-order valence-corrected chi connectivity index (χ1v) is 9.76. The van der Waals surface area contributed by atoms with Crippen LogP contribution in [0.15, 0.2) is 48.8 Å². The molecule has 0 fully saturated rings. The van der Waals surface area contributed by atoms with Crippen LogP contribution < -0.4 is 14.2 Å². The van der Waals surface area contributed by atoms with Crippen LogP contribution >= 0.6 is 23.2 Å². The summed E-state index contributed by atoms with van der Waals surface area (Å²) < 4.78 is 28.7. The number of hydrogen-bond donors (Lipinski definition) is 0. The van der Waals surface area contributed by atoms with E-state index in [1.807, 2.05) is 25.1 Å². The predicted octanol–water partition coefficient (Wildman–Crippen LogP) is 6.33. The summed E-state index contributed by atoms with van der Waals surface area (Å²) in [6, 6.07) is 9.97. The van der Waals surface area contributed by atoms with E-state index in [2.05, 4.69) is 9.97 Å². The van der Waals surface area contributed by atoms with Gasteiger partial charge in [0, 0.05) is 21.5 Å². The summed E-state index contributed by atoms with van der Waals surface area (Å²) in [7, 11) is 3.12. The topological polar surface area (TPSA) is 53.5 Å². The van der Waals surface area contributed by atoms with Gasteiger partial charge in [-0.05, 0) is 43.3 Å². The summed E-state index contributed by atoms with van der Waals surface area (Å²) in [6.45, 7) is 2.58. The third-order valence-corrected chi connectivity index (χ3v) is 4.89. The Labute approximate surface area is 183 Å². The fourth-order valence-corrected chi connectivity index (χ4v) is 3.33. The van der Waals surface area contributed by atoms with Crippen molar-refractivity contribution in [3.63, 3.8) is 0 Å². The van der Waals surface area contributed by atoms with Gasteiger partial charge in [0.15, 0.2) is 0 Å². The van der Waals surface area contributed by atoms with E-state index in [1.54, 1.807) is 19.4 Å². The Kier molecular flexibility index (Phi) is 7.13. The number of halogens is 3. The summed E-state index contributed by atoms with van der Waals surface area (Å²) in [6.07, 6.45) is 3.09. The molecule has 2 aromatic heterocycles. The second-order valence-corrected chi connectivity index (χ2v) is 6.78. The second-order valence-electron chi connectivity index (χ2n) is 6.07. The molecule has 0 amide bonds. The molecule has 0 atom stereocenters. The molecule has 0 radical (unpaired) electrons. The normalized spacial score (nSPS) is 10.5. The standard InChI is InChI=1S/C12H12ClNO2.C10H7ClFNO/c1-3-16-8-4-5-9-10(6-8)11(15-2)7-14-12(9)13;1-14-9-5-13-10(11)7-3-2-6(12)4-8(7)9/h4-7H,3H2,1-2H3;2-5H,1H3. The Morgan fingerprint density at radius 1 is 0.800 bits per heavy atom. The average Bonchev–Trinajstić information content (AvgIpc) is 2.75. The summed E-state index contributed by atoms with van der Waals surface area (Å²) in [4.78, 5) is 7.98. The molecule has 0 aliphatic rings. The van der Waals surface area contributed by atoms with Crippen molar-refractivity contribution in [2.45, 2.75) is 6.92 Å². The maximum Gasteiger partial charge on any atom is 0.145 e. The quantitative estimate of drug-likeness (QED) is 0.341. The van der Waals surface area contributed by atoms with Crippen molar-refractivity contribution in [3.05, 3.63) is 64.9 Å². The lowest BCUT2D eigenvalue weighted by Gasteiger charge is -2.08.